The van der Waals surface area contributed by atoms with E-state index in [1.54, 1.807) is 4.68 Å². The Morgan fingerprint density at radius 1 is 0.979 bits per heavy atom. The van der Waals surface area contributed by atoms with Gasteiger partial charge in [0, 0.05) is 24.6 Å². The molecule has 0 bridgehead atoms. The maximum absolute atomic E-state index is 13.5. The van der Waals surface area contributed by atoms with E-state index < -0.39 is 0 Å². The lowest BCUT2D eigenvalue weighted by molar-refractivity contribution is 0.153. The first-order valence-electron chi connectivity index (χ1n) is 16.4. The number of ether oxygens (including phenoxy) is 1. The highest BCUT2D eigenvalue weighted by Crippen LogP contribution is 2.39. The topological polar surface area (TPSA) is 122 Å². The SMILES string of the molecule is Cc1ccc(-n2nc(C(C)(C)C)cc2NC(=O)N[C@H]2CC[C@@H](Oc3ccc4nnc(N5CCC[C@@H](O)C5)n4c3)c3ccccc32)cc1. The van der Waals surface area contributed by atoms with Crippen molar-refractivity contribution in [1.29, 1.82) is 0 Å². The van der Waals surface area contributed by atoms with Crippen molar-refractivity contribution in [3.63, 3.8) is 0 Å². The molecule has 0 radical (unpaired) electrons. The van der Waals surface area contributed by atoms with Crippen LogP contribution >= 0.6 is 0 Å². The Morgan fingerprint density at radius 2 is 1.77 bits per heavy atom. The third-order valence-electron chi connectivity index (χ3n) is 9.05. The Labute approximate surface area is 274 Å². The number of anilines is 2. The van der Waals surface area contributed by atoms with Gasteiger partial charge in [0.25, 0.3) is 0 Å². The van der Waals surface area contributed by atoms with Crippen molar-refractivity contribution in [3.05, 3.63) is 95.3 Å². The average molecular weight is 635 g/mol. The van der Waals surface area contributed by atoms with Gasteiger partial charge in [0.15, 0.2) is 5.65 Å². The molecule has 1 aliphatic heterocycles. The van der Waals surface area contributed by atoms with Crippen LogP contribution in [0.3, 0.4) is 0 Å². The van der Waals surface area contributed by atoms with Gasteiger partial charge in [-0.1, -0.05) is 62.7 Å². The molecule has 3 N–H and O–H groups in total. The summed E-state index contributed by atoms with van der Waals surface area (Å²) in [5.74, 6) is 2.03. The molecule has 1 saturated heterocycles. The number of carbonyl (C=O) groups is 1. The van der Waals surface area contributed by atoms with Gasteiger partial charge in [0.2, 0.25) is 5.95 Å². The molecule has 5 aromatic rings. The quantitative estimate of drug-likeness (QED) is 0.202. The molecule has 11 nitrogen and oxygen atoms in total. The van der Waals surface area contributed by atoms with Gasteiger partial charge in [-0.25, -0.2) is 9.48 Å². The lowest BCUT2D eigenvalue weighted by Gasteiger charge is -2.32. The van der Waals surface area contributed by atoms with E-state index in [9.17, 15) is 9.90 Å². The van der Waals surface area contributed by atoms with Crippen molar-refractivity contribution >= 4 is 23.4 Å². The first kappa shape index (κ1) is 30.7. The second kappa shape index (κ2) is 12.4. The van der Waals surface area contributed by atoms with Crippen LogP contribution in [0.2, 0.25) is 0 Å². The number of aliphatic hydroxyl groups excluding tert-OH is 1. The summed E-state index contributed by atoms with van der Waals surface area (Å²) >= 11 is 0. The summed E-state index contributed by atoms with van der Waals surface area (Å²) in [5, 5.41) is 30.1. The molecule has 3 aromatic heterocycles. The molecule has 2 amide bonds. The lowest BCUT2D eigenvalue weighted by atomic mass is 9.85. The summed E-state index contributed by atoms with van der Waals surface area (Å²) in [6, 6.07) is 21.5. The van der Waals surface area contributed by atoms with Gasteiger partial charge in [-0.3, -0.25) is 9.72 Å². The number of aromatic nitrogens is 5. The summed E-state index contributed by atoms with van der Waals surface area (Å²) in [6.45, 7) is 9.74. The molecular formula is C36H42N8O3. The van der Waals surface area contributed by atoms with Crippen LogP contribution in [0.4, 0.5) is 16.6 Å². The Kier molecular flexibility index (Phi) is 8.09. The Hall–Kier alpha value is -4.90. The number of rotatable bonds is 6. The number of nitrogens with zero attached hydrogens (tertiary/aromatic N) is 6. The van der Waals surface area contributed by atoms with E-state index in [4.69, 9.17) is 9.84 Å². The van der Waals surface area contributed by atoms with Crippen LogP contribution in [0.5, 0.6) is 5.75 Å². The fourth-order valence-corrected chi connectivity index (χ4v) is 6.50. The minimum Gasteiger partial charge on any atom is -0.484 e. The molecule has 11 heteroatoms. The Bertz CT molecular complexity index is 1890. The van der Waals surface area contributed by atoms with Crippen LogP contribution in [0.1, 0.15) is 81.0 Å². The van der Waals surface area contributed by atoms with Crippen molar-refractivity contribution < 1.29 is 14.6 Å². The van der Waals surface area contributed by atoms with Crippen molar-refractivity contribution in [2.75, 3.05) is 23.3 Å². The number of amides is 2. The van der Waals surface area contributed by atoms with E-state index in [0.717, 1.165) is 59.5 Å². The average Bonchev–Trinajstić information content (AvgIpc) is 3.67. The van der Waals surface area contributed by atoms with Gasteiger partial charge in [0.1, 0.15) is 17.7 Å². The van der Waals surface area contributed by atoms with Crippen molar-refractivity contribution in [2.45, 2.75) is 77.0 Å². The number of aliphatic hydroxyl groups is 1. The zero-order valence-electron chi connectivity index (χ0n) is 27.3. The molecular weight excluding hydrogens is 592 g/mol. The number of hydrogen-bond donors (Lipinski definition) is 3. The van der Waals surface area contributed by atoms with Crippen LogP contribution < -0.4 is 20.3 Å². The molecule has 47 heavy (non-hydrogen) atoms. The van der Waals surface area contributed by atoms with E-state index in [1.165, 1.54) is 0 Å². The molecule has 0 unspecified atom stereocenters. The zero-order valence-corrected chi connectivity index (χ0v) is 27.3. The van der Waals surface area contributed by atoms with Crippen LogP contribution in [-0.4, -0.2) is 54.7 Å². The van der Waals surface area contributed by atoms with Crippen LogP contribution in [0.15, 0.2) is 72.9 Å². The zero-order chi connectivity index (χ0) is 32.7. The first-order valence-corrected chi connectivity index (χ1v) is 16.4. The molecule has 0 spiro atoms. The minimum atomic E-state index is -0.366. The number of fused-ring (bicyclic) bond motifs is 2. The predicted molar refractivity (Wildman–Crippen MR) is 181 cm³/mol. The van der Waals surface area contributed by atoms with E-state index in [2.05, 4.69) is 58.6 Å². The molecule has 244 valence electrons. The monoisotopic (exact) mass is 634 g/mol. The highest BCUT2D eigenvalue weighted by molar-refractivity contribution is 5.89. The van der Waals surface area contributed by atoms with E-state index in [0.29, 0.717) is 30.5 Å². The summed E-state index contributed by atoms with van der Waals surface area (Å²) in [4.78, 5) is 15.6. The number of pyridine rings is 1. The highest BCUT2D eigenvalue weighted by Gasteiger charge is 2.30. The Balaban J connectivity index is 1.08. The first-order chi connectivity index (χ1) is 22.6. The number of benzene rings is 2. The summed E-state index contributed by atoms with van der Waals surface area (Å²) in [7, 11) is 0. The Morgan fingerprint density at radius 3 is 2.53 bits per heavy atom. The summed E-state index contributed by atoms with van der Waals surface area (Å²) in [5.41, 5.74) is 5.56. The molecule has 4 heterocycles. The van der Waals surface area contributed by atoms with Gasteiger partial charge >= 0.3 is 6.03 Å². The third kappa shape index (κ3) is 6.40. The summed E-state index contributed by atoms with van der Waals surface area (Å²) in [6.07, 6.45) is 4.53. The van der Waals surface area contributed by atoms with Gasteiger partial charge in [-0.05, 0) is 68.0 Å². The number of hydrogen-bond acceptors (Lipinski definition) is 7. The number of piperidine rings is 1. The van der Waals surface area contributed by atoms with Gasteiger partial charge < -0.3 is 20.1 Å². The normalized spacial score (nSPS) is 19.8. The number of nitrogens with one attached hydrogen (secondary N) is 2. The maximum Gasteiger partial charge on any atom is 0.320 e. The molecule has 1 aliphatic carbocycles. The second-order valence-electron chi connectivity index (χ2n) is 13.7. The van der Waals surface area contributed by atoms with Gasteiger partial charge in [-0.15, -0.1) is 10.2 Å². The lowest BCUT2D eigenvalue weighted by Crippen LogP contribution is -2.39. The fourth-order valence-electron chi connectivity index (χ4n) is 6.50. The molecule has 2 aromatic carbocycles. The maximum atomic E-state index is 13.5. The number of β-amino-alcohol motifs (C(OH)–C–C–N with tert-alkyl or cyclic N) is 1. The summed E-state index contributed by atoms with van der Waals surface area (Å²) < 4.78 is 10.3. The predicted octanol–water partition coefficient (Wildman–Crippen LogP) is 6.26. The molecule has 0 saturated carbocycles. The minimum absolute atomic E-state index is 0.179. The van der Waals surface area contributed by atoms with Crippen LogP contribution in [-0.2, 0) is 5.41 Å². The van der Waals surface area contributed by atoms with Crippen LogP contribution in [0.25, 0.3) is 11.3 Å². The molecule has 7 rings (SSSR count). The van der Waals surface area contributed by atoms with Crippen molar-refractivity contribution in [2.24, 2.45) is 0 Å². The van der Waals surface area contributed by atoms with Crippen molar-refractivity contribution in [1.82, 2.24) is 29.7 Å². The number of aryl methyl sites for hydroxylation is 1. The van der Waals surface area contributed by atoms with Gasteiger partial charge in [0.05, 0.1) is 29.7 Å². The molecule has 2 aliphatic rings. The van der Waals surface area contributed by atoms with E-state index in [-0.39, 0.29) is 29.7 Å². The fraction of sp³-hybridized carbons (Fsp3) is 0.389. The van der Waals surface area contributed by atoms with Crippen molar-refractivity contribution in [3.8, 4) is 11.4 Å². The standard InChI is InChI=1S/C36H42N8O3/c1-23-11-13-24(14-12-23)44-33(20-31(41-44)36(2,3)4)38-34(46)37-29-16-17-30(28-10-6-5-9-27(28)29)47-26-15-18-32-39-40-35(43(32)22-26)42-19-7-8-25(45)21-42/h5-6,9-15,18,20,22,25,29-30,45H,7-8,16-17,19,21H2,1-4H3,(H2,37,38,46)/t25-,29+,30-/m1/s1. The largest absolute Gasteiger partial charge is 0.484 e. The third-order valence-corrected chi connectivity index (χ3v) is 9.05. The smallest absolute Gasteiger partial charge is 0.320 e. The van der Waals surface area contributed by atoms with Crippen LogP contribution in [0, 0.1) is 6.92 Å². The number of carbonyl (C=O) groups excluding carboxylic acids is 1. The number of urea groups is 1. The highest BCUT2D eigenvalue weighted by atomic mass is 16.5. The second-order valence-corrected chi connectivity index (χ2v) is 13.7. The van der Waals surface area contributed by atoms with E-state index >= 15 is 0 Å². The molecule has 3 atom stereocenters. The van der Waals surface area contributed by atoms with E-state index in [1.807, 2.05) is 72.1 Å². The van der Waals surface area contributed by atoms with Gasteiger partial charge in [-0.2, -0.15) is 5.10 Å². The molecule has 1 fully saturated rings.